The van der Waals surface area contributed by atoms with Crippen LogP contribution in [0.25, 0.3) is 0 Å². The summed E-state index contributed by atoms with van der Waals surface area (Å²) in [5.41, 5.74) is 4.96. The average Bonchev–Trinajstić information content (AvgIpc) is 2.52. The number of benzene rings is 1. The lowest BCUT2D eigenvalue weighted by Gasteiger charge is -2.21. The second kappa shape index (κ2) is 7.23. The summed E-state index contributed by atoms with van der Waals surface area (Å²) >= 11 is 0. The quantitative estimate of drug-likeness (QED) is 0.873. The van der Waals surface area contributed by atoms with Crippen molar-refractivity contribution in [2.45, 2.75) is 33.7 Å². The number of rotatable bonds is 6. The summed E-state index contributed by atoms with van der Waals surface area (Å²) < 4.78 is 0. The van der Waals surface area contributed by atoms with E-state index in [4.69, 9.17) is 0 Å². The fraction of sp³-hybridized carbons (Fsp3) is 0.389. The summed E-state index contributed by atoms with van der Waals surface area (Å²) in [7, 11) is 2.07. The summed E-state index contributed by atoms with van der Waals surface area (Å²) in [5.74, 6) is 1.01. The van der Waals surface area contributed by atoms with Crippen molar-refractivity contribution < 1.29 is 0 Å². The first-order valence-electron chi connectivity index (χ1n) is 7.64. The molecule has 2 rings (SSSR count). The van der Waals surface area contributed by atoms with Gasteiger partial charge in [0.15, 0.2) is 0 Å². The highest BCUT2D eigenvalue weighted by molar-refractivity contribution is 5.62. The first-order chi connectivity index (χ1) is 10.2. The lowest BCUT2D eigenvalue weighted by Crippen LogP contribution is -2.15. The Bertz CT molecular complexity index is 576. The smallest absolute Gasteiger partial charge is 0.135 e. The summed E-state index contributed by atoms with van der Waals surface area (Å²) in [6.07, 6.45) is 3.03. The van der Waals surface area contributed by atoms with Gasteiger partial charge in [-0.25, -0.2) is 4.98 Å². The van der Waals surface area contributed by atoms with Crippen LogP contribution in [0.2, 0.25) is 0 Å². The van der Waals surface area contributed by atoms with E-state index in [-0.39, 0.29) is 0 Å². The Hall–Kier alpha value is -1.87. The van der Waals surface area contributed by atoms with Gasteiger partial charge in [0.25, 0.3) is 0 Å². The van der Waals surface area contributed by atoms with E-state index in [1.807, 2.05) is 6.20 Å². The predicted octanol–water partition coefficient (Wildman–Crippen LogP) is 3.83. The van der Waals surface area contributed by atoms with Gasteiger partial charge >= 0.3 is 0 Å². The number of nitrogens with zero attached hydrogens (tertiary/aromatic N) is 2. The molecule has 1 N–H and O–H groups in total. The number of aryl methyl sites for hydroxylation is 2. The van der Waals surface area contributed by atoms with Crippen LogP contribution in [0.4, 0.5) is 11.5 Å². The molecule has 1 aromatic carbocycles. The molecule has 0 amide bonds. The number of anilines is 2. The van der Waals surface area contributed by atoms with E-state index in [0.717, 1.165) is 25.3 Å². The Morgan fingerprint density at radius 1 is 1.10 bits per heavy atom. The van der Waals surface area contributed by atoms with Crippen LogP contribution in [0.5, 0.6) is 0 Å². The van der Waals surface area contributed by atoms with Crippen LogP contribution in [0.3, 0.4) is 0 Å². The van der Waals surface area contributed by atoms with E-state index >= 15 is 0 Å². The van der Waals surface area contributed by atoms with Crippen molar-refractivity contribution in [2.75, 3.05) is 18.5 Å². The average molecular weight is 283 g/mol. The zero-order valence-corrected chi connectivity index (χ0v) is 13.5. The van der Waals surface area contributed by atoms with Crippen LogP contribution in [0.1, 0.15) is 30.5 Å². The van der Waals surface area contributed by atoms with Gasteiger partial charge in [0.1, 0.15) is 5.82 Å². The highest BCUT2D eigenvalue weighted by atomic mass is 15.2. The van der Waals surface area contributed by atoms with E-state index in [2.05, 4.69) is 73.4 Å². The number of hydrogen-bond donors (Lipinski definition) is 1. The maximum absolute atomic E-state index is 4.64. The summed E-state index contributed by atoms with van der Waals surface area (Å²) in [6.45, 7) is 8.26. The van der Waals surface area contributed by atoms with Crippen molar-refractivity contribution in [1.29, 1.82) is 0 Å². The van der Waals surface area contributed by atoms with Crippen LogP contribution in [-0.2, 0) is 13.0 Å². The zero-order chi connectivity index (χ0) is 15.2. The first-order valence-corrected chi connectivity index (χ1v) is 7.64. The minimum absolute atomic E-state index is 0.875. The van der Waals surface area contributed by atoms with Crippen molar-refractivity contribution >= 4 is 11.5 Å². The first kappa shape index (κ1) is 15.5. The van der Waals surface area contributed by atoms with E-state index in [1.165, 1.54) is 22.4 Å². The van der Waals surface area contributed by atoms with Crippen LogP contribution >= 0.6 is 0 Å². The van der Waals surface area contributed by atoms with Gasteiger partial charge in [-0.05, 0) is 54.8 Å². The summed E-state index contributed by atoms with van der Waals surface area (Å²) in [5, 5.41) is 3.33. The third-order valence-electron chi connectivity index (χ3n) is 3.74. The molecule has 0 aliphatic rings. The molecular weight excluding hydrogens is 258 g/mol. The lowest BCUT2D eigenvalue weighted by molar-refractivity contribution is 0.723. The maximum Gasteiger partial charge on any atom is 0.135 e. The number of aromatic nitrogens is 1. The van der Waals surface area contributed by atoms with Crippen LogP contribution in [0.15, 0.2) is 36.5 Å². The monoisotopic (exact) mass is 283 g/mol. The fourth-order valence-corrected chi connectivity index (χ4v) is 2.42. The Morgan fingerprint density at radius 3 is 2.38 bits per heavy atom. The molecule has 0 saturated heterocycles. The molecule has 0 atom stereocenters. The topological polar surface area (TPSA) is 28.2 Å². The van der Waals surface area contributed by atoms with E-state index in [1.54, 1.807) is 0 Å². The van der Waals surface area contributed by atoms with Gasteiger partial charge in [-0.1, -0.05) is 26.0 Å². The van der Waals surface area contributed by atoms with Crippen molar-refractivity contribution in [3.8, 4) is 0 Å². The number of pyridine rings is 1. The highest BCUT2D eigenvalue weighted by Crippen LogP contribution is 2.25. The van der Waals surface area contributed by atoms with Gasteiger partial charge in [-0.2, -0.15) is 0 Å². The third-order valence-corrected chi connectivity index (χ3v) is 3.74. The van der Waals surface area contributed by atoms with Gasteiger partial charge in [0, 0.05) is 25.5 Å². The summed E-state index contributed by atoms with van der Waals surface area (Å²) in [4.78, 5) is 6.78. The molecule has 0 fully saturated rings. The Kier molecular flexibility index (Phi) is 5.34. The minimum atomic E-state index is 0.875. The van der Waals surface area contributed by atoms with Crippen LogP contribution in [-0.4, -0.2) is 18.6 Å². The minimum Gasteiger partial charge on any atom is -0.329 e. The van der Waals surface area contributed by atoms with Crippen LogP contribution in [0, 0.1) is 6.92 Å². The van der Waals surface area contributed by atoms with Crippen molar-refractivity contribution in [3.05, 3.63) is 53.2 Å². The van der Waals surface area contributed by atoms with E-state index in [0.29, 0.717) is 0 Å². The molecule has 0 spiro atoms. The Labute approximate surface area is 128 Å². The Morgan fingerprint density at radius 2 is 1.81 bits per heavy atom. The lowest BCUT2D eigenvalue weighted by atomic mass is 10.1. The SMILES string of the molecule is CCNCc1cnc(N(C)c2ccc(CC)cc2)c(C)c1. The number of nitrogens with one attached hydrogen (secondary N) is 1. The van der Waals surface area contributed by atoms with Crippen molar-refractivity contribution in [3.63, 3.8) is 0 Å². The highest BCUT2D eigenvalue weighted by Gasteiger charge is 2.09. The molecule has 112 valence electrons. The standard InChI is InChI=1S/C18H25N3/c1-5-15-7-9-17(10-8-15)21(4)18-14(3)11-16(13-20-18)12-19-6-2/h7-11,13,19H,5-6,12H2,1-4H3. The van der Waals surface area contributed by atoms with E-state index < -0.39 is 0 Å². The van der Waals surface area contributed by atoms with Gasteiger partial charge in [0.05, 0.1) is 0 Å². The van der Waals surface area contributed by atoms with Gasteiger partial charge < -0.3 is 10.2 Å². The fourth-order valence-electron chi connectivity index (χ4n) is 2.42. The molecule has 0 bridgehead atoms. The molecule has 3 nitrogen and oxygen atoms in total. The molecular formula is C18H25N3. The summed E-state index contributed by atoms with van der Waals surface area (Å²) in [6, 6.07) is 10.9. The zero-order valence-electron chi connectivity index (χ0n) is 13.5. The molecule has 0 unspecified atom stereocenters. The van der Waals surface area contributed by atoms with Gasteiger partial charge in [0.2, 0.25) is 0 Å². The normalized spacial score (nSPS) is 10.7. The molecule has 3 heteroatoms. The molecule has 1 aromatic heterocycles. The molecule has 1 heterocycles. The molecule has 0 aliphatic carbocycles. The van der Waals surface area contributed by atoms with Gasteiger partial charge in [-0.3, -0.25) is 0 Å². The molecule has 0 aliphatic heterocycles. The molecule has 0 saturated carbocycles. The largest absolute Gasteiger partial charge is 0.329 e. The second-order valence-corrected chi connectivity index (χ2v) is 5.34. The van der Waals surface area contributed by atoms with Gasteiger partial charge in [-0.15, -0.1) is 0 Å². The molecule has 2 aromatic rings. The molecule has 0 radical (unpaired) electrons. The van der Waals surface area contributed by atoms with E-state index in [9.17, 15) is 0 Å². The molecule has 21 heavy (non-hydrogen) atoms. The van der Waals surface area contributed by atoms with Crippen molar-refractivity contribution in [1.82, 2.24) is 10.3 Å². The number of hydrogen-bond acceptors (Lipinski definition) is 3. The second-order valence-electron chi connectivity index (χ2n) is 5.34. The van der Waals surface area contributed by atoms with Crippen molar-refractivity contribution in [2.24, 2.45) is 0 Å². The van der Waals surface area contributed by atoms with Crippen LogP contribution < -0.4 is 10.2 Å². The third kappa shape index (κ3) is 3.82. The predicted molar refractivity (Wildman–Crippen MR) is 90.2 cm³/mol. The Balaban J connectivity index is 2.19. The maximum atomic E-state index is 4.64.